The second-order valence-corrected chi connectivity index (χ2v) is 5.04. The highest BCUT2D eigenvalue weighted by Crippen LogP contribution is 2.39. The Kier molecular flexibility index (Phi) is 3.26. The van der Waals surface area contributed by atoms with Crippen molar-refractivity contribution in [3.63, 3.8) is 0 Å². The molecule has 0 bridgehead atoms. The standard InChI is InChI=1S/C11H15N5O5/c1-11(19)7(18)5(2-17)21-10(11)16-4-14-6-8(15-20)12-3-13-9(6)16/h3-5,7,10,17-20H,2H2,1H3,(H,12,13,15)/t5?,7?,10-,11?/m1/s1. The zero-order valence-electron chi connectivity index (χ0n) is 11.1. The minimum absolute atomic E-state index is 0.107. The Morgan fingerprint density at radius 1 is 1.43 bits per heavy atom. The van der Waals surface area contributed by atoms with E-state index in [0.29, 0.717) is 5.65 Å². The van der Waals surface area contributed by atoms with Gasteiger partial charge in [-0.2, -0.15) is 0 Å². The Morgan fingerprint density at radius 3 is 2.81 bits per heavy atom. The van der Waals surface area contributed by atoms with E-state index in [1.807, 2.05) is 5.48 Å². The lowest BCUT2D eigenvalue weighted by molar-refractivity contribution is -0.0950. The van der Waals surface area contributed by atoms with E-state index in [2.05, 4.69) is 15.0 Å². The van der Waals surface area contributed by atoms with Gasteiger partial charge in [0.2, 0.25) is 0 Å². The van der Waals surface area contributed by atoms with E-state index in [1.54, 1.807) is 0 Å². The van der Waals surface area contributed by atoms with E-state index in [-0.39, 0.29) is 11.3 Å². The van der Waals surface area contributed by atoms with Crippen LogP contribution in [0.15, 0.2) is 12.7 Å². The van der Waals surface area contributed by atoms with Crippen molar-refractivity contribution in [3.8, 4) is 0 Å². The first-order chi connectivity index (χ1) is 10.0. The molecule has 3 rings (SSSR count). The molecule has 1 aliphatic rings. The van der Waals surface area contributed by atoms with Gasteiger partial charge in [0, 0.05) is 0 Å². The summed E-state index contributed by atoms with van der Waals surface area (Å²) in [6.45, 7) is 0.967. The normalized spacial score (nSPS) is 32.7. The molecule has 2 aromatic rings. The molecular weight excluding hydrogens is 282 g/mol. The van der Waals surface area contributed by atoms with Crippen LogP contribution in [0.5, 0.6) is 0 Å². The highest BCUT2D eigenvalue weighted by Gasteiger charge is 2.53. The molecule has 4 atom stereocenters. The number of nitrogens with zero attached hydrogens (tertiary/aromatic N) is 4. The fraction of sp³-hybridized carbons (Fsp3) is 0.545. The van der Waals surface area contributed by atoms with Crippen molar-refractivity contribution in [2.75, 3.05) is 12.1 Å². The molecule has 3 unspecified atom stereocenters. The highest BCUT2D eigenvalue weighted by atomic mass is 16.6. The van der Waals surface area contributed by atoms with Crippen LogP contribution in [0.4, 0.5) is 5.82 Å². The summed E-state index contributed by atoms with van der Waals surface area (Å²) >= 11 is 0. The van der Waals surface area contributed by atoms with Crippen LogP contribution in [0.25, 0.3) is 11.2 Å². The summed E-state index contributed by atoms with van der Waals surface area (Å²) in [6, 6.07) is 0. The lowest BCUT2D eigenvalue weighted by Gasteiger charge is -2.27. The van der Waals surface area contributed by atoms with Crippen LogP contribution in [0.1, 0.15) is 13.2 Å². The molecule has 0 aromatic carbocycles. The van der Waals surface area contributed by atoms with Gasteiger partial charge in [0.1, 0.15) is 24.1 Å². The summed E-state index contributed by atoms with van der Waals surface area (Å²) in [4.78, 5) is 11.9. The molecule has 2 aromatic heterocycles. The van der Waals surface area contributed by atoms with E-state index in [1.165, 1.54) is 24.1 Å². The molecule has 5 N–H and O–H groups in total. The first kappa shape index (κ1) is 14.1. The average molecular weight is 297 g/mol. The first-order valence-electron chi connectivity index (χ1n) is 6.25. The first-order valence-corrected chi connectivity index (χ1v) is 6.25. The van der Waals surface area contributed by atoms with Gasteiger partial charge in [-0.3, -0.25) is 15.3 Å². The molecule has 1 saturated heterocycles. The SMILES string of the molecule is CC1(O)C(O)C(CO)O[C@H]1n1cnc2c(NO)ncnc21. The van der Waals surface area contributed by atoms with Gasteiger partial charge in [-0.05, 0) is 6.92 Å². The third-order valence-corrected chi connectivity index (χ3v) is 3.65. The van der Waals surface area contributed by atoms with Gasteiger partial charge in [0.15, 0.2) is 23.2 Å². The third kappa shape index (κ3) is 1.96. The maximum Gasteiger partial charge on any atom is 0.181 e. The van der Waals surface area contributed by atoms with Crippen molar-refractivity contribution in [2.45, 2.75) is 31.0 Å². The van der Waals surface area contributed by atoms with Crippen molar-refractivity contribution in [1.82, 2.24) is 19.5 Å². The number of nitrogens with one attached hydrogen (secondary N) is 1. The van der Waals surface area contributed by atoms with Crippen LogP contribution < -0.4 is 5.48 Å². The van der Waals surface area contributed by atoms with Crippen LogP contribution in [-0.4, -0.2) is 64.5 Å². The number of imidazole rings is 1. The molecule has 10 nitrogen and oxygen atoms in total. The van der Waals surface area contributed by atoms with Crippen molar-refractivity contribution < 1.29 is 25.3 Å². The second-order valence-electron chi connectivity index (χ2n) is 5.04. The molecule has 0 spiro atoms. The number of aliphatic hydroxyl groups excluding tert-OH is 2. The topological polar surface area (TPSA) is 146 Å². The smallest absolute Gasteiger partial charge is 0.181 e. The summed E-state index contributed by atoms with van der Waals surface area (Å²) in [5, 5.41) is 38.6. The van der Waals surface area contributed by atoms with Crippen molar-refractivity contribution in [2.24, 2.45) is 0 Å². The lowest BCUT2D eigenvalue weighted by atomic mass is 9.96. The monoisotopic (exact) mass is 297 g/mol. The predicted octanol–water partition coefficient (Wildman–Crippen LogP) is -1.37. The van der Waals surface area contributed by atoms with Crippen LogP contribution in [-0.2, 0) is 4.74 Å². The van der Waals surface area contributed by atoms with Crippen LogP contribution in [0, 0.1) is 0 Å². The van der Waals surface area contributed by atoms with Gasteiger partial charge in [0.25, 0.3) is 0 Å². The fourth-order valence-electron chi connectivity index (χ4n) is 2.50. The average Bonchev–Trinajstić information content (AvgIpc) is 2.99. The largest absolute Gasteiger partial charge is 0.394 e. The zero-order chi connectivity index (χ0) is 15.2. The molecule has 10 heteroatoms. The summed E-state index contributed by atoms with van der Waals surface area (Å²) in [6.07, 6.45) is -0.605. The van der Waals surface area contributed by atoms with Gasteiger partial charge in [0.05, 0.1) is 12.9 Å². The zero-order valence-corrected chi connectivity index (χ0v) is 11.1. The van der Waals surface area contributed by atoms with Gasteiger partial charge < -0.3 is 20.1 Å². The second kappa shape index (κ2) is 4.86. The Balaban J connectivity index is 2.09. The number of fused-ring (bicyclic) bond motifs is 1. The lowest BCUT2D eigenvalue weighted by Crippen LogP contribution is -2.44. The molecule has 21 heavy (non-hydrogen) atoms. The van der Waals surface area contributed by atoms with Crippen molar-refractivity contribution >= 4 is 17.0 Å². The highest BCUT2D eigenvalue weighted by molar-refractivity contribution is 5.82. The van der Waals surface area contributed by atoms with E-state index in [0.717, 1.165) is 0 Å². The van der Waals surface area contributed by atoms with Gasteiger partial charge in [-0.1, -0.05) is 0 Å². The Labute approximate surface area is 118 Å². The Morgan fingerprint density at radius 2 is 2.19 bits per heavy atom. The van der Waals surface area contributed by atoms with Gasteiger partial charge >= 0.3 is 0 Å². The summed E-state index contributed by atoms with van der Waals surface area (Å²) in [5.41, 5.74) is 0.846. The Bertz CT molecular complexity index is 659. The van der Waals surface area contributed by atoms with Gasteiger partial charge in [-0.15, -0.1) is 0 Å². The van der Waals surface area contributed by atoms with Crippen LogP contribution in [0.2, 0.25) is 0 Å². The summed E-state index contributed by atoms with van der Waals surface area (Å²) < 4.78 is 6.91. The number of aliphatic hydroxyl groups is 3. The summed E-state index contributed by atoms with van der Waals surface area (Å²) in [7, 11) is 0. The summed E-state index contributed by atoms with van der Waals surface area (Å²) in [5.74, 6) is 0.107. The molecule has 1 aliphatic heterocycles. The number of anilines is 1. The number of rotatable bonds is 3. The molecule has 1 fully saturated rings. The van der Waals surface area contributed by atoms with E-state index in [9.17, 15) is 15.3 Å². The minimum Gasteiger partial charge on any atom is -0.394 e. The fourth-order valence-corrected chi connectivity index (χ4v) is 2.50. The molecule has 3 heterocycles. The van der Waals surface area contributed by atoms with Crippen LogP contribution in [0.3, 0.4) is 0 Å². The maximum absolute atomic E-state index is 10.4. The van der Waals surface area contributed by atoms with Crippen molar-refractivity contribution in [1.29, 1.82) is 0 Å². The maximum atomic E-state index is 10.4. The number of aromatic nitrogens is 4. The minimum atomic E-state index is -1.64. The van der Waals surface area contributed by atoms with E-state index in [4.69, 9.17) is 9.94 Å². The number of hydrogen-bond acceptors (Lipinski definition) is 9. The van der Waals surface area contributed by atoms with Crippen LogP contribution >= 0.6 is 0 Å². The Hall–Kier alpha value is -1.85. The molecule has 0 radical (unpaired) electrons. The molecule has 114 valence electrons. The number of hydrogen-bond donors (Lipinski definition) is 5. The molecular formula is C11H15N5O5. The van der Waals surface area contributed by atoms with Crippen molar-refractivity contribution in [3.05, 3.63) is 12.7 Å². The third-order valence-electron chi connectivity index (χ3n) is 3.65. The molecule has 0 amide bonds. The van der Waals surface area contributed by atoms with Gasteiger partial charge in [-0.25, -0.2) is 15.0 Å². The molecule has 0 saturated carbocycles. The quantitative estimate of drug-likeness (QED) is 0.433. The predicted molar refractivity (Wildman–Crippen MR) is 68.4 cm³/mol. The number of ether oxygens (including phenoxy) is 1. The molecule has 0 aliphatic carbocycles. The van der Waals surface area contributed by atoms with E-state index < -0.39 is 30.6 Å². The van der Waals surface area contributed by atoms with E-state index >= 15 is 0 Å².